The number of hydrogen-bond acceptors (Lipinski definition) is 6. The third-order valence-corrected chi connectivity index (χ3v) is 3.20. The number of halogens is 1. The average Bonchev–Trinajstić information content (AvgIpc) is 2.36. The Morgan fingerprint density at radius 1 is 1.24 bits per heavy atom. The van der Waals surface area contributed by atoms with Crippen molar-refractivity contribution in [1.29, 1.82) is 0 Å². The molecule has 2 aromatic rings. The normalized spacial score (nSPS) is 10.5. The van der Waals surface area contributed by atoms with Gasteiger partial charge in [0.25, 0.3) is 0 Å². The lowest BCUT2D eigenvalue weighted by atomic mass is 10.1. The van der Waals surface area contributed by atoms with Crippen molar-refractivity contribution in [1.82, 2.24) is 0 Å². The molecule has 2 N–H and O–H groups in total. The second-order valence-electron chi connectivity index (χ2n) is 3.82. The Morgan fingerprint density at radius 2 is 1.86 bits per heavy atom. The number of aromatic carboxylic acids is 2. The Morgan fingerprint density at radius 3 is 2.33 bits per heavy atom. The van der Waals surface area contributed by atoms with Crippen LogP contribution >= 0.6 is 15.9 Å². The Bertz CT molecular complexity index is 869. The van der Waals surface area contributed by atoms with E-state index in [-0.39, 0.29) is 9.86 Å². The average molecular weight is 358 g/mol. The minimum atomic E-state index is -1.60. The highest BCUT2D eigenvalue weighted by atomic mass is 79.9. The standard InChI is InChI=1S/C11H4BrNO8/c12-5-2-3-1-4(9(14)15)11(18)21-8(3)7(13(19)20)6(5)10(16)17/h1-2H,(H,14,15)(H,16,17). The van der Waals surface area contributed by atoms with Crippen LogP contribution in [-0.2, 0) is 0 Å². The molecule has 0 aliphatic carbocycles. The summed E-state index contributed by atoms with van der Waals surface area (Å²) in [5.74, 6) is -3.16. The van der Waals surface area contributed by atoms with Crippen LogP contribution in [0, 0.1) is 10.1 Å². The van der Waals surface area contributed by atoms with Crippen LogP contribution in [0.4, 0.5) is 5.69 Å². The van der Waals surface area contributed by atoms with Gasteiger partial charge in [0.15, 0.2) is 5.56 Å². The van der Waals surface area contributed by atoms with Gasteiger partial charge in [-0.1, -0.05) is 0 Å². The summed E-state index contributed by atoms with van der Waals surface area (Å²) in [6.45, 7) is 0. The van der Waals surface area contributed by atoms with E-state index < -0.39 is 44.9 Å². The molecule has 0 unspecified atom stereocenters. The van der Waals surface area contributed by atoms with Gasteiger partial charge in [-0.2, -0.15) is 0 Å². The summed E-state index contributed by atoms with van der Waals surface area (Å²) in [5, 5.41) is 28.8. The molecule has 1 heterocycles. The van der Waals surface area contributed by atoms with E-state index in [2.05, 4.69) is 20.3 Å². The number of hydrogen-bond donors (Lipinski definition) is 2. The second kappa shape index (κ2) is 4.98. The molecule has 0 radical (unpaired) electrons. The molecule has 0 bridgehead atoms. The topological polar surface area (TPSA) is 148 Å². The summed E-state index contributed by atoms with van der Waals surface area (Å²) < 4.78 is 4.49. The molecular weight excluding hydrogens is 354 g/mol. The van der Waals surface area contributed by atoms with Gasteiger partial charge < -0.3 is 14.6 Å². The Labute approximate surface area is 122 Å². The minimum Gasteiger partial charge on any atom is -0.477 e. The zero-order valence-electron chi connectivity index (χ0n) is 9.82. The number of carboxylic acid groups (broad SMARTS) is 2. The summed E-state index contributed by atoms with van der Waals surface area (Å²) in [5.41, 5.74) is -4.25. The molecule has 0 spiro atoms. The number of rotatable bonds is 3. The van der Waals surface area contributed by atoms with Crippen molar-refractivity contribution in [2.75, 3.05) is 0 Å². The number of nitro benzene ring substituents is 1. The van der Waals surface area contributed by atoms with Crippen molar-refractivity contribution in [3.05, 3.63) is 48.3 Å². The zero-order chi connectivity index (χ0) is 15.9. The third-order valence-electron chi connectivity index (χ3n) is 2.58. The van der Waals surface area contributed by atoms with Crippen molar-refractivity contribution in [3.8, 4) is 0 Å². The first-order chi connectivity index (χ1) is 9.73. The van der Waals surface area contributed by atoms with Crippen LogP contribution in [0.15, 0.2) is 25.8 Å². The lowest BCUT2D eigenvalue weighted by Gasteiger charge is -2.05. The molecular formula is C11H4BrNO8. The van der Waals surface area contributed by atoms with Crippen LogP contribution in [0.5, 0.6) is 0 Å². The number of nitrogens with zero attached hydrogens (tertiary/aromatic N) is 1. The minimum absolute atomic E-state index is 0.0874. The first kappa shape index (κ1) is 14.7. The maximum Gasteiger partial charge on any atom is 0.351 e. The molecule has 0 aliphatic rings. The van der Waals surface area contributed by atoms with Gasteiger partial charge in [-0.25, -0.2) is 14.4 Å². The Hall–Kier alpha value is -2.75. The maximum absolute atomic E-state index is 11.5. The molecule has 1 aromatic carbocycles. The van der Waals surface area contributed by atoms with E-state index in [1.807, 2.05) is 0 Å². The van der Waals surface area contributed by atoms with E-state index in [1.165, 1.54) is 0 Å². The van der Waals surface area contributed by atoms with Crippen molar-refractivity contribution >= 4 is 44.5 Å². The number of carboxylic acids is 2. The number of carbonyl (C=O) groups is 2. The maximum atomic E-state index is 11.5. The molecule has 0 aliphatic heterocycles. The summed E-state index contributed by atoms with van der Waals surface area (Å²) in [4.78, 5) is 43.5. The zero-order valence-corrected chi connectivity index (χ0v) is 11.4. The summed E-state index contributed by atoms with van der Waals surface area (Å²) in [6.07, 6.45) is 0. The highest BCUT2D eigenvalue weighted by Gasteiger charge is 2.30. The Balaban J connectivity index is 3.04. The quantitative estimate of drug-likeness (QED) is 0.480. The fourth-order valence-corrected chi connectivity index (χ4v) is 2.34. The Kier molecular flexibility index (Phi) is 3.47. The molecule has 10 heteroatoms. The van der Waals surface area contributed by atoms with Gasteiger partial charge in [-0.05, 0) is 28.1 Å². The molecule has 9 nitrogen and oxygen atoms in total. The van der Waals surface area contributed by atoms with Crippen molar-refractivity contribution in [2.45, 2.75) is 0 Å². The molecule has 0 saturated heterocycles. The monoisotopic (exact) mass is 357 g/mol. The first-order valence-corrected chi connectivity index (χ1v) is 5.94. The van der Waals surface area contributed by atoms with Gasteiger partial charge >= 0.3 is 23.3 Å². The molecule has 108 valence electrons. The first-order valence-electron chi connectivity index (χ1n) is 5.15. The van der Waals surface area contributed by atoms with E-state index in [0.717, 1.165) is 12.1 Å². The van der Waals surface area contributed by atoms with Gasteiger partial charge in [0, 0.05) is 9.86 Å². The van der Waals surface area contributed by atoms with Gasteiger partial charge in [-0.3, -0.25) is 10.1 Å². The number of nitro groups is 1. The van der Waals surface area contributed by atoms with E-state index >= 15 is 0 Å². The molecule has 2 rings (SSSR count). The molecule has 0 amide bonds. The lowest BCUT2D eigenvalue weighted by molar-refractivity contribution is -0.384. The fraction of sp³-hybridized carbons (Fsp3) is 0. The van der Waals surface area contributed by atoms with Crippen LogP contribution in [0.1, 0.15) is 20.7 Å². The predicted molar refractivity (Wildman–Crippen MR) is 70.8 cm³/mol. The SMILES string of the molecule is O=C(O)c1c(Br)cc2cc(C(=O)O)c(=O)oc2c1[N+](=O)[O-]. The van der Waals surface area contributed by atoms with E-state index in [0.29, 0.717) is 0 Å². The van der Waals surface area contributed by atoms with Gasteiger partial charge in [0.2, 0.25) is 5.58 Å². The second-order valence-corrected chi connectivity index (χ2v) is 4.67. The van der Waals surface area contributed by atoms with Crippen molar-refractivity contribution < 1.29 is 29.1 Å². The van der Waals surface area contributed by atoms with Crippen LogP contribution in [0.25, 0.3) is 11.0 Å². The fourth-order valence-electron chi connectivity index (χ4n) is 1.74. The van der Waals surface area contributed by atoms with Gasteiger partial charge in [-0.15, -0.1) is 0 Å². The van der Waals surface area contributed by atoms with E-state index in [9.17, 15) is 24.5 Å². The number of benzene rings is 1. The van der Waals surface area contributed by atoms with E-state index in [1.54, 1.807) is 0 Å². The van der Waals surface area contributed by atoms with Crippen LogP contribution in [0.3, 0.4) is 0 Å². The van der Waals surface area contributed by atoms with Gasteiger partial charge in [0.1, 0.15) is 5.56 Å². The molecule has 0 atom stereocenters. The summed E-state index contributed by atoms with van der Waals surface area (Å²) in [7, 11) is 0. The highest BCUT2D eigenvalue weighted by molar-refractivity contribution is 9.10. The predicted octanol–water partition coefficient (Wildman–Crippen LogP) is 1.86. The molecule has 0 saturated carbocycles. The van der Waals surface area contributed by atoms with Crippen LogP contribution in [0.2, 0.25) is 0 Å². The number of fused-ring (bicyclic) bond motifs is 1. The largest absolute Gasteiger partial charge is 0.477 e. The lowest BCUT2D eigenvalue weighted by Crippen LogP contribution is -2.14. The molecule has 21 heavy (non-hydrogen) atoms. The summed E-state index contributed by atoms with van der Waals surface area (Å²) in [6, 6.07) is 2.01. The van der Waals surface area contributed by atoms with Crippen LogP contribution in [-0.4, -0.2) is 27.1 Å². The van der Waals surface area contributed by atoms with Crippen molar-refractivity contribution in [3.63, 3.8) is 0 Å². The third kappa shape index (κ3) is 2.36. The highest BCUT2D eigenvalue weighted by Crippen LogP contribution is 2.35. The summed E-state index contributed by atoms with van der Waals surface area (Å²) >= 11 is 2.86. The molecule has 1 aromatic heterocycles. The van der Waals surface area contributed by atoms with Crippen molar-refractivity contribution in [2.24, 2.45) is 0 Å². The van der Waals surface area contributed by atoms with E-state index in [4.69, 9.17) is 10.2 Å². The molecule has 0 fully saturated rings. The van der Waals surface area contributed by atoms with Crippen LogP contribution < -0.4 is 5.63 Å². The van der Waals surface area contributed by atoms with Gasteiger partial charge in [0.05, 0.1) is 4.92 Å². The smallest absolute Gasteiger partial charge is 0.351 e.